The summed E-state index contributed by atoms with van der Waals surface area (Å²) in [6.45, 7) is 1.79. The van der Waals surface area contributed by atoms with Crippen molar-refractivity contribution in [3.05, 3.63) is 70.2 Å². The Morgan fingerprint density at radius 1 is 1.20 bits per heavy atom. The van der Waals surface area contributed by atoms with Gasteiger partial charge in [-0.1, -0.05) is 23.7 Å². The number of hydrogen-bond acceptors (Lipinski definition) is 2. The molecule has 0 N–H and O–H groups in total. The summed E-state index contributed by atoms with van der Waals surface area (Å²) in [4.78, 5) is 12.4. The van der Waals surface area contributed by atoms with E-state index in [-0.39, 0.29) is 17.1 Å². The first-order valence-electron chi connectivity index (χ1n) is 6.05. The van der Waals surface area contributed by atoms with Gasteiger partial charge in [-0.25, -0.2) is 4.39 Å². The maximum absolute atomic E-state index is 13.2. The molecule has 0 saturated heterocycles. The van der Waals surface area contributed by atoms with Crippen molar-refractivity contribution in [1.29, 1.82) is 0 Å². The van der Waals surface area contributed by atoms with Crippen LogP contribution in [0.3, 0.4) is 0 Å². The van der Waals surface area contributed by atoms with Gasteiger partial charge in [0.2, 0.25) is 5.78 Å². The Kier molecular flexibility index (Phi) is 3.07. The number of benzene rings is 2. The van der Waals surface area contributed by atoms with Crippen LogP contribution in [0.5, 0.6) is 0 Å². The number of aryl methyl sites for hydroxylation is 1. The van der Waals surface area contributed by atoms with Crippen LogP contribution in [0.2, 0.25) is 5.02 Å². The van der Waals surface area contributed by atoms with Crippen molar-refractivity contribution < 1.29 is 13.6 Å². The molecule has 0 bridgehead atoms. The molecule has 2 aromatic carbocycles. The minimum absolute atomic E-state index is 0.216. The maximum Gasteiger partial charge on any atom is 0.228 e. The third kappa shape index (κ3) is 2.10. The molecule has 20 heavy (non-hydrogen) atoms. The number of carbonyl (C=O) groups is 1. The fourth-order valence-corrected chi connectivity index (χ4v) is 2.34. The van der Waals surface area contributed by atoms with Gasteiger partial charge in [0.25, 0.3) is 0 Å². The lowest BCUT2D eigenvalue weighted by Crippen LogP contribution is -2.01. The molecule has 0 atom stereocenters. The van der Waals surface area contributed by atoms with Gasteiger partial charge < -0.3 is 4.42 Å². The number of ketones is 1. The first-order chi connectivity index (χ1) is 9.56. The van der Waals surface area contributed by atoms with Gasteiger partial charge in [0.1, 0.15) is 11.4 Å². The van der Waals surface area contributed by atoms with Gasteiger partial charge >= 0.3 is 0 Å². The molecule has 3 aromatic rings. The molecule has 1 heterocycles. The largest absolute Gasteiger partial charge is 0.452 e. The molecule has 0 aliphatic heterocycles. The third-order valence-corrected chi connectivity index (χ3v) is 3.43. The Hall–Kier alpha value is -2.13. The van der Waals surface area contributed by atoms with E-state index >= 15 is 0 Å². The number of fused-ring (bicyclic) bond motifs is 1. The average molecular weight is 289 g/mol. The van der Waals surface area contributed by atoms with E-state index in [9.17, 15) is 9.18 Å². The Bertz CT molecular complexity index is 820. The SMILES string of the molecule is Cc1c(C(=O)c2cccc(F)c2)oc2ccc(Cl)cc12. The highest BCUT2D eigenvalue weighted by Crippen LogP contribution is 2.29. The fraction of sp³-hybridized carbons (Fsp3) is 0.0625. The minimum atomic E-state index is -0.451. The highest BCUT2D eigenvalue weighted by Gasteiger charge is 2.19. The molecule has 0 saturated carbocycles. The molecule has 3 rings (SSSR count). The highest BCUT2D eigenvalue weighted by molar-refractivity contribution is 6.31. The van der Waals surface area contributed by atoms with Gasteiger partial charge in [0.05, 0.1) is 0 Å². The molecule has 4 heteroatoms. The van der Waals surface area contributed by atoms with Crippen LogP contribution >= 0.6 is 11.6 Å². The predicted molar refractivity (Wildman–Crippen MR) is 75.8 cm³/mol. The number of halogens is 2. The van der Waals surface area contributed by atoms with Gasteiger partial charge in [0, 0.05) is 21.5 Å². The second-order valence-corrected chi connectivity index (χ2v) is 4.97. The molecular weight excluding hydrogens is 279 g/mol. The van der Waals surface area contributed by atoms with Crippen LogP contribution in [0.1, 0.15) is 21.7 Å². The number of carbonyl (C=O) groups excluding carboxylic acids is 1. The van der Waals surface area contributed by atoms with E-state index in [0.717, 1.165) is 5.39 Å². The van der Waals surface area contributed by atoms with Crippen LogP contribution in [-0.2, 0) is 0 Å². The van der Waals surface area contributed by atoms with E-state index in [1.165, 1.54) is 18.2 Å². The van der Waals surface area contributed by atoms with Crippen molar-refractivity contribution in [2.24, 2.45) is 0 Å². The average Bonchev–Trinajstić information content (AvgIpc) is 2.75. The number of rotatable bonds is 2. The summed E-state index contributed by atoms with van der Waals surface area (Å²) in [5.41, 5.74) is 1.56. The zero-order valence-electron chi connectivity index (χ0n) is 10.6. The van der Waals surface area contributed by atoms with Crippen molar-refractivity contribution in [2.45, 2.75) is 6.92 Å². The molecule has 100 valence electrons. The van der Waals surface area contributed by atoms with E-state index < -0.39 is 5.82 Å². The molecule has 0 aliphatic carbocycles. The predicted octanol–water partition coefficient (Wildman–Crippen LogP) is 4.76. The van der Waals surface area contributed by atoms with Crippen molar-refractivity contribution in [2.75, 3.05) is 0 Å². The Morgan fingerprint density at radius 3 is 2.75 bits per heavy atom. The Morgan fingerprint density at radius 2 is 2.00 bits per heavy atom. The van der Waals surface area contributed by atoms with E-state index in [0.29, 0.717) is 16.2 Å². The summed E-state index contributed by atoms with van der Waals surface area (Å²) >= 11 is 5.94. The van der Waals surface area contributed by atoms with E-state index in [2.05, 4.69) is 0 Å². The summed E-state index contributed by atoms with van der Waals surface area (Å²) in [5.74, 6) is -0.574. The fourth-order valence-electron chi connectivity index (χ4n) is 2.17. The van der Waals surface area contributed by atoms with Gasteiger partial charge in [-0.15, -0.1) is 0 Å². The summed E-state index contributed by atoms with van der Waals surface area (Å²) in [6, 6.07) is 10.7. The molecular formula is C16H10ClFO2. The summed E-state index contributed by atoms with van der Waals surface area (Å²) in [5, 5.41) is 1.36. The van der Waals surface area contributed by atoms with Crippen molar-refractivity contribution >= 4 is 28.4 Å². The molecule has 0 radical (unpaired) electrons. The molecule has 0 spiro atoms. The lowest BCUT2D eigenvalue weighted by Gasteiger charge is -1.99. The molecule has 0 amide bonds. The first-order valence-corrected chi connectivity index (χ1v) is 6.43. The first kappa shape index (κ1) is 12.9. The molecule has 2 nitrogen and oxygen atoms in total. The highest BCUT2D eigenvalue weighted by atomic mass is 35.5. The van der Waals surface area contributed by atoms with Gasteiger partial charge in [-0.2, -0.15) is 0 Å². The quantitative estimate of drug-likeness (QED) is 0.636. The van der Waals surface area contributed by atoms with E-state index in [1.54, 1.807) is 31.2 Å². The lowest BCUT2D eigenvalue weighted by atomic mass is 10.0. The van der Waals surface area contributed by atoms with Crippen LogP contribution in [0, 0.1) is 12.7 Å². The van der Waals surface area contributed by atoms with Crippen molar-refractivity contribution in [3.63, 3.8) is 0 Å². The van der Waals surface area contributed by atoms with Gasteiger partial charge in [0.15, 0.2) is 5.76 Å². The van der Waals surface area contributed by atoms with E-state index in [4.69, 9.17) is 16.0 Å². The third-order valence-electron chi connectivity index (χ3n) is 3.19. The Labute approximate surface area is 119 Å². The minimum Gasteiger partial charge on any atom is -0.452 e. The summed E-state index contributed by atoms with van der Waals surface area (Å²) < 4.78 is 18.8. The molecule has 0 aliphatic rings. The number of hydrogen-bond donors (Lipinski definition) is 0. The van der Waals surface area contributed by atoms with Crippen LogP contribution in [-0.4, -0.2) is 5.78 Å². The smallest absolute Gasteiger partial charge is 0.228 e. The molecule has 0 unspecified atom stereocenters. The number of furan rings is 1. The summed E-state index contributed by atoms with van der Waals surface area (Å²) in [6.07, 6.45) is 0. The topological polar surface area (TPSA) is 30.2 Å². The van der Waals surface area contributed by atoms with E-state index in [1.807, 2.05) is 0 Å². The summed E-state index contributed by atoms with van der Waals surface area (Å²) in [7, 11) is 0. The normalized spacial score (nSPS) is 10.9. The van der Waals surface area contributed by atoms with Crippen LogP contribution in [0.4, 0.5) is 4.39 Å². The zero-order valence-corrected chi connectivity index (χ0v) is 11.4. The van der Waals surface area contributed by atoms with Gasteiger partial charge in [-0.05, 0) is 37.3 Å². The monoisotopic (exact) mass is 288 g/mol. The zero-order chi connectivity index (χ0) is 14.3. The van der Waals surface area contributed by atoms with Crippen LogP contribution < -0.4 is 0 Å². The molecule has 0 fully saturated rings. The lowest BCUT2D eigenvalue weighted by molar-refractivity contribution is 0.101. The second kappa shape index (κ2) is 4.76. The second-order valence-electron chi connectivity index (χ2n) is 4.54. The Balaban J connectivity index is 2.15. The van der Waals surface area contributed by atoms with Gasteiger partial charge in [-0.3, -0.25) is 4.79 Å². The standard InChI is InChI=1S/C16H10ClFO2/c1-9-13-8-11(17)5-6-14(13)20-16(9)15(19)10-3-2-4-12(18)7-10/h2-8H,1H3. The maximum atomic E-state index is 13.2. The van der Waals surface area contributed by atoms with Crippen molar-refractivity contribution in [1.82, 2.24) is 0 Å². The van der Waals surface area contributed by atoms with Crippen molar-refractivity contribution in [3.8, 4) is 0 Å². The molecule has 1 aromatic heterocycles. The van der Waals surface area contributed by atoms with Crippen LogP contribution in [0.15, 0.2) is 46.9 Å². The van der Waals surface area contributed by atoms with Crippen LogP contribution in [0.25, 0.3) is 11.0 Å².